The molecular weight excluding hydrogens is 276 g/mol. The molecule has 1 saturated heterocycles. The summed E-state index contributed by atoms with van der Waals surface area (Å²) in [6, 6.07) is 1.50. The van der Waals surface area contributed by atoms with Crippen molar-refractivity contribution in [1.82, 2.24) is 10.1 Å². The maximum atomic E-state index is 10.6. The SMILES string of the molecule is Br.O=C(O)c1cc(CN2CCCCC2)on1. The molecule has 0 saturated carbocycles. The van der Waals surface area contributed by atoms with Crippen molar-refractivity contribution in [1.29, 1.82) is 0 Å². The van der Waals surface area contributed by atoms with Crippen molar-refractivity contribution in [2.45, 2.75) is 25.8 Å². The number of likely N-dealkylation sites (tertiary alicyclic amines) is 1. The van der Waals surface area contributed by atoms with Crippen LogP contribution < -0.4 is 0 Å². The van der Waals surface area contributed by atoms with E-state index in [2.05, 4.69) is 10.1 Å². The van der Waals surface area contributed by atoms with Crippen molar-refractivity contribution in [2.24, 2.45) is 0 Å². The number of piperidine rings is 1. The molecule has 1 aromatic rings. The molecule has 1 aliphatic rings. The number of rotatable bonds is 3. The zero-order chi connectivity index (χ0) is 10.7. The predicted molar refractivity (Wildman–Crippen MR) is 62.9 cm³/mol. The number of carboxylic acids is 1. The van der Waals surface area contributed by atoms with E-state index >= 15 is 0 Å². The van der Waals surface area contributed by atoms with Crippen LogP contribution in [-0.2, 0) is 6.54 Å². The average molecular weight is 291 g/mol. The van der Waals surface area contributed by atoms with Crippen molar-refractivity contribution in [3.8, 4) is 0 Å². The lowest BCUT2D eigenvalue weighted by Crippen LogP contribution is -2.28. The quantitative estimate of drug-likeness (QED) is 0.921. The lowest BCUT2D eigenvalue weighted by molar-refractivity contribution is 0.0685. The molecule has 2 rings (SSSR count). The molecule has 90 valence electrons. The van der Waals surface area contributed by atoms with E-state index < -0.39 is 5.97 Å². The van der Waals surface area contributed by atoms with Gasteiger partial charge in [0.15, 0.2) is 11.5 Å². The summed E-state index contributed by atoms with van der Waals surface area (Å²) >= 11 is 0. The van der Waals surface area contributed by atoms with Gasteiger partial charge < -0.3 is 9.63 Å². The van der Waals surface area contributed by atoms with E-state index in [1.54, 1.807) is 0 Å². The number of hydrogen-bond donors (Lipinski definition) is 1. The monoisotopic (exact) mass is 290 g/mol. The number of aromatic nitrogens is 1. The van der Waals surface area contributed by atoms with Gasteiger partial charge in [-0.05, 0) is 25.9 Å². The van der Waals surface area contributed by atoms with Crippen molar-refractivity contribution >= 4 is 23.0 Å². The first-order valence-electron chi connectivity index (χ1n) is 5.17. The second kappa shape index (κ2) is 6.00. The largest absolute Gasteiger partial charge is 0.476 e. The predicted octanol–water partition coefficient (Wildman–Crippen LogP) is 1.94. The van der Waals surface area contributed by atoms with Crippen molar-refractivity contribution in [3.63, 3.8) is 0 Å². The van der Waals surface area contributed by atoms with Crippen molar-refractivity contribution in [2.75, 3.05) is 13.1 Å². The zero-order valence-electron chi connectivity index (χ0n) is 8.89. The van der Waals surface area contributed by atoms with Crippen LogP contribution in [-0.4, -0.2) is 34.2 Å². The summed E-state index contributed by atoms with van der Waals surface area (Å²) in [6.07, 6.45) is 3.70. The fourth-order valence-electron chi connectivity index (χ4n) is 1.83. The molecule has 16 heavy (non-hydrogen) atoms. The fourth-order valence-corrected chi connectivity index (χ4v) is 1.83. The van der Waals surface area contributed by atoms with E-state index in [0.717, 1.165) is 13.1 Å². The number of aromatic carboxylic acids is 1. The third-order valence-electron chi connectivity index (χ3n) is 2.61. The van der Waals surface area contributed by atoms with E-state index in [-0.39, 0.29) is 22.7 Å². The van der Waals surface area contributed by atoms with E-state index in [4.69, 9.17) is 9.63 Å². The summed E-state index contributed by atoms with van der Waals surface area (Å²) in [7, 11) is 0. The Balaban J connectivity index is 0.00000128. The number of carbonyl (C=O) groups is 1. The van der Waals surface area contributed by atoms with Gasteiger partial charge in [0.25, 0.3) is 0 Å². The Morgan fingerprint density at radius 3 is 2.69 bits per heavy atom. The normalized spacial score (nSPS) is 16.8. The van der Waals surface area contributed by atoms with Crippen LogP contribution in [0.1, 0.15) is 35.5 Å². The van der Waals surface area contributed by atoms with Gasteiger partial charge >= 0.3 is 5.97 Å². The Kier molecular flexibility index (Phi) is 4.95. The van der Waals surface area contributed by atoms with Gasteiger partial charge in [-0.1, -0.05) is 11.6 Å². The molecule has 2 heterocycles. The summed E-state index contributed by atoms with van der Waals surface area (Å²) in [5, 5.41) is 12.1. The van der Waals surface area contributed by atoms with Crippen LogP contribution in [0.4, 0.5) is 0 Å². The van der Waals surface area contributed by atoms with Gasteiger partial charge in [0, 0.05) is 6.07 Å². The van der Waals surface area contributed by atoms with Crippen LogP contribution in [0, 0.1) is 0 Å². The first-order chi connectivity index (χ1) is 7.25. The third-order valence-corrected chi connectivity index (χ3v) is 2.61. The van der Waals surface area contributed by atoms with Crippen molar-refractivity contribution in [3.05, 3.63) is 17.5 Å². The molecular formula is C10H15BrN2O3. The first-order valence-corrected chi connectivity index (χ1v) is 5.17. The Labute approximate surface area is 104 Å². The molecule has 1 aliphatic heterocycles. The van der Waals surface area contributed by atoms with Crippen LogP contribution in [0.3, 0.4) is 0 Å². The highest BCUT2D eigenvalue weighted by atomic mass is 79.9. The van der Waals surface area contributed by atoms with Gasteiger partial charge in [0.2, 0.25) is 0 Å². The van der Waals surface area contributed by atoms with Gasteiger partial charge in [-0.15, -0.1) is 17.0 Å². The summed E-state index contributed by atoms with van der Waals surface area (Å²) < 4.78 is 4.96. The van der Waals surface area contributed by atoms with Crippen LogP contribution >= 0.6 is 17.0 Å². The molecule has 0 aromatic carbocycles. The molecule has 6 heteroatoms. The molecule has 0 spiro atoms. The maximum Gasteiger partial charge on any atom is 0.358 e. The van der Waals surface area contributed by atoms with Gasteiger partial charge in [-0.3, -0.25) is 4.90 Å². The van der Waals surface area contributed by atoms with Crippen LogP contribution in [0.2, 0.25) is 0 Å². The van der Waals surface area contributed by atoms with Crippen LogP contribution in [0.15, 0.2) is 10.6 Å². The lowest BCUT2D eigenvalue weighted by atomic mass is 10.1. The highest BCUT2D eigenvalue weighted by Crippen LogP contribution is 2.13. The Morgan fingerprint density at radius 1 is 1.44 bits per heavy atom. The second-order valence-electron chi connectivity index (χ2n) is 3.82. The molecule has 0 aliphatic carbocycles. The molecule has 0 amide bonds. The summed E-state index contributed by atoms with van der Waals surface area (Å²) in [5.74, 6) is -0.405. The van der Waals surface area contributed by atoms with E-state index in [1.165, 1.54) is 25.3 Å². The molecule has 0 unspecified atom stereocenters. The third kappa shape index (κ3) is 3.31. The Morgan fingerprint density at radius 2 is 2.12 bits per heavy atom. The molecule has 1 N–H and O–H groups in total. The van der Waals surface area contributed by atoms with Gasteiger partial charge in [0.1, 0.15) is 0 Å². The van der Waals surface area contributed by atoms with E-state index in [0.29, 0.717) is 12.3 Å². The zero-order valence-corrected chi connectivity index (χ0v) is 10.6. The summed E-state index contributed by atoms with van der Waals surface area (Å²) in [4.78, 5) is 12.8. The molecule has 1 fully saturated rings. The minimum atomic E-state index is -1.04. The van der Waals surface area contributed by atoms with Crippen LogP contribution in [0.5, 0.6) is 0 Å². The van der Waals surface area contributed by atoms with E-state index in [1.807, 2.05) is 0 Å². The molecule has 1 aromatic heterocycles. The maximum absolute atomic E-state index is 10.6. The molecule has 0 atom stereocenters. The average Bonchev–Trinajstić information content (AvgIpc) is 2.68. The molecule has 5 nitrogen and oxygen atoms in total. The van der Waals surface area contributed by atoms with Gasteiger partial charge in [-0.2, -0.15) is 0 Å². The summed E-state index contributed by atoms with van der Waals surface area (Å²) in [6.45, 7) is 2.78. The number of nitrogens with zero attached hydrogens (tertiary/aromatic N) is 2. The topological polar surface area (TPSA) is 66.6 Å². The molecule has 0 radical (unpaired) electrons. The highest BCUT2D eigenvalue weighted by molar-refractivity contribution is 8.93. The Bertz CT molecular complexity index is 348. The fraction of sp³-hybridized carbons (Fsp3) is 0.600. The Hall–Kier alpha value is -0.880. The van der Waals surface area contributed by atoms with Crippen molar-refractivity contribution < 1.29 is 14.4 Å². The van der Waals surface area contributed by atoms with E-state index in [9.17, 15) is 4.79 Å². The number of hydrogen-bond acceptors (Lipinski definition) is 4. The summed E-state index contributed by atoms with van der Waals surface area (Å²) in [5.41, 5.74) is -0.0120. The van der Waals surface area contributed by atoms with Gasteiger partial charge in [-0.25, -0.2) is 4.79 Å². The van der Waals surface area contributed by atoms with Crippen LogP contribution in [0.25, 0.3) is 0 Å². The number of halogens is 1. The standard InChI is InChI=1S/C10H14N2O3.BrH/c13-10(14)9-6-8(15-11-9)7-12-4-2-1-3-5-12;/h6H,1-5,7H2,(H,13,14);1H. The minimum Gasteiger partial charge on any atom is -0.476 e. The minimum absolute atomic E-state index is 0. The highest BCUT2D eigenvalue weighted by Gasteiger charge is 2.15. The number of carboxylic acid groups (broad SMARTS) is 1. The smallest absolute Gasteiger partial charge is 0.358 e. The van der Waals surface area contributed by atoms with Gasteiger partial charge in [0.05, 0.1) is 6.54 Å². The second-order valence-corrected chi connectivity index (χ2v) is 3.82. The lowest BCUT2D eigenvalue weighted by Gasteiger charge is -2.24. The first kappa shape index (κ1) is 13.2. The molecule has 0 bridgehead atoms.